The molecule has 24 aliphatic rings. The molecule has 28 rings (SSSR count). The minimum absolute atomic E-state index is 0.0123. The zero-order valence-corrected chi connectivity index (χ0v) is 69.6. The van der Waals surface area contributed by atoms with Crippen LogP contribution in [-0.2, 0) is 71.1 Å². The monoisotopic (exact) mass is 1560 g/mol. The summed E-state index contributed by atoms with van der Waals surface area (Å²) >= 11 is 0. The average Bonchev–Trinajstić information content (AvgIpc) is 1.43. The predicted molar refractivity (Wildman–Crippen MR) is 429 cm³/mol. The molecule has 19 nitrogen and oxygen atoms in total. The number of carbonyl (C=O) groups excluding carboxylic acids is 1. The molecule has 3 N–H and O–H groups in total. The van der Waals surface area contributed by atoms with Crippen LogP contribution in [0.3, 0.4) is 0 Å². The summed E-state index contributed by atoms with van der Waals surface area (Å²) in [5.41, 5.74) is 8.80. The molecule has 16 aliphatic carbocycles. The van der Waals surface area contributed by atoms with Gasteiger partial charge in [-0.25, -0.2) is 0 Å². The molecule has 0 aromatic heterocycles. The number of nitrogens with zero attached hydrogens (tertiary/aromatic N) is 4. The van der Waals surface area contributed by atoms with Gasteiger partial charge < -0.3 is 72.3 Å². The molecular weight excluding hydrogens is 1440 g/mol. The summed E-state index contributed by atoms with van der Waals surface area (Å²) < 4.78 is 68.9. The molecule has 9 saturated carbocycles. The Morgan fingerprint density at radius 2 is 0.982 bits per heavy atom. The van der Waals surface area contributed by atoms with Gasteiger partial charge in [0.2, 0.25) is 0 Å². The van der Waals surface area contributed by atoms with Crippen molar-refractivity contribution in [3.8, 4) is 46.0 Å². The minimum atomic E-state index is -0.846. The minimum Gasteiger partial charge on any atom is -0.504 e. The van der Waals surface area contributed by atoms with Gasteiger partial charge in [0, 0.05) is 120 Å². The highest BCUT2D eigenvalue weighted by atomic mass is 16.6. The number of aliphatic hydroxyl groups is 2. The number of hydrogen-bond acceptors (Lipinski definition) is 19. The van der Waals surface area contributed by atoms with Crippen molar-refractivity contribution in [2.75, 3.05) is 103 Å². The second-order valence-electron chi connectivity index (χ2n) is 40.6. The van der Waals surface area contributed by atoms with Gasteiger partial charge in [-0.1, -0.05) is 42.5 Å². The number of Topliss-reactive ketones (excluding diaryl/α,β-unsaturated/α-hetero) is 1. The van der Waals surface area contributed by atoms with Gasteiger partial charge in [-0.15, -0.1) is 0 Å². The molecule has 19 heteroatoms. The number of allylic oxidation sites excluding steroid dienone is 2. The third-order valence-corrected chi connectivity index (χ3v) is 36.2. The lowest BCUT2D eigenvalue weighted by Crippen LogP contribution is -2.82. The molecule has 8 heterocycles. The third-order valence-electron chi connectivity index (χ3n) is 36.2. The predicted octanol–water partition coefficient (Wildman–Crippen LogP) is 12.0. The first-order valence-corrected chi connectivity index (χ1v) is 43.5. The van der Waals surface area contributed by atoms with E-state index in [0.29, 0.717) is 29.9 Å². The normalized spacial score (nSPS) is 42.1. The van der Waals surface area contributed by atoms with Crippen molar-refractivity contribution in [1.82, 2.24) is 19.6 Å². The quantitative estimate of drug-likeness (QED) is 0.101. The molecule has 14 bridgehead atoms. The molecule has 15 unspecified atom stereocenters. The van der Waals surface area contributed by atoms with Crippen LogP contribution in [-0.4, -0.2) is 220 Å². The Labute approximate surface area is 672 Å². The van der Waals surface area contributed by atoms with Crippen molar-refractivity contribution >= 4 is 5.78 Å². The summed E-state index contributed by atoms with van der Waals surface area (Å²) in [6.45, 7) is 16.4. The molecule has 4 aromatic carbocycles. The summed E-state index contributed by atoms with van der Waals surface area (Å²) in [5.74, 6) is 8.98. The number of aromatic hydroxyl groups is 1. The zero-order chi connectivity index (χ0) is 78.7. The van der Waals surface area contributed by atoms with E-state index in [4.69, 9.17) is 52.1 Å². The highest BCUT2D eigenvalue weighted by molar-refractivity contribution is 5.83. The number of ether oxygens (including phenoxy) is 11. The van der Waals surface area contributed by atoms with E-state index in [1.807, 2.05) is 60.1 Å². The summed E-state index contributed by atoms with van der Waals surface area (Å²) in [5, 5.41) is 33.6. The van der Waals surface area contributed by atoms with Crippen molar-refractivity contribution in [3.05, 3.63) is 129 Å². The molecule has 114 heavy (non-hydrogen) atoms. The molecule has 8 aliphatic heterocycles. The van der Waals surface area contributed by atoms with E-state index >= 15 is 0 Å². The lowest BCUT2D eigenvalue weighted by Gasteiger charge is -2.75. The largest absolute Gasteiger partial charge is 0.504 e. The standard InChI is InChI=1S/C27H37NO4.C26H35NO4.C23H27NO4.C19H21NO3/c1-24(2,29)19-14-25-9-10-27(19,31-4)23-26(25)11-12-28(15-16-5-6-16)20(25)13-17-7-8-18(30-3)22(32-23)21(17)26;1-23(2,29)18-13-24-8-9-26(18,30-3)22-25(24)10-11-27(14-15-4-5-15)19(24)12-16-6-7-17(28)21(31-22)20(16)25;1-13(25)15-12-21-7-8-23(15,27-4)20-22(21)9-10-24(2)17(21)11-14-5-6-16(26-3)19(28-20)18(14)22;1-20-9-8-19-12-5-7-15(22-3)18(19)23-17-14(21-2)6-4-11(16(17)19)10-13(12)20/h7-8,16,19-20,23,29H,5-6,9-15H2,1-4H3;6-7,15,18-19,22,28-29H,4-5,8-14H2,1-3H3;5-8,15,17,20H,9-12H2,1-4H3;4-7,13,18H,8-10H2,1-3H3/t19-,20?,23?,25?,26+,27?;18-,19?,22?,24?,25+,26?;15?,17?,20?,21?,22-,23?;13?,18?,19-/m1100/s1. The van der Waals surface area contributed by atoms with Crippen LogP contribution in [0.5, 0.6) is 46.0 Å². The number of likely N-dealkylation sites (N-methyl/N-ethyl adjacent to an activating group) is 2. The molecule has 0 amide bonds. The van der Waals surface area contributed by atoms with Gasteiger partial charge in [-0.2, -0.15) is 0 Å². The van der Waals surface area contributed by atoms with Crippen LogP contribution in [0.15, 0.2) is 84.2 Å². The third kappa shape index (κ3) is 8.69. The van der Waals surface area contributed by atoms with E-state index in [2.05, 4.69) is 88.3 Å². The number of benzene rings is 4. The maximum Gasteiger partial charge on any atom is 0.169 e. The van der Waals surface area contributed by atoms with E-state index in [1.54, 1.807) is 42.5 Å². The Kier molecular flexibility index (Phi) is 15.7. The molecule has 0 radical (unpaired) electrons. The van der Waals surface area contributed by atoms with Crippen LogP contribution >= 0.6 is 0 Å². The number of methoxy groups -OCH3 is 7. The lowest BCUT2D eigenvalue weighted by atomic mass is 9.34. The number of phenolic OH excluding ortho intramolecular Hbond substituents is 1. The first-order valence-electron chi connectivity index (χ1n) is 43.5. The zero-order valence-electron chi connectivity index (χ0n) is 69.6. The molecule has 4 saturated heterocycles. The first kappa shape index (κ1) is 73.9. The summed E-state index contributed by atoms with van der Waals surface area (Å²) in [6, 6.07) is 18.7. The van der Waals surface area contributed by atoms with Crippen molar-refractivity contribution in [3.63, 3.8) is 0 Å². The SMILES string of the molecule is COC12CCC3(C[C@@H]1C(C)(C)O)C1Cc4ccc(O)c5c4[C@@]3(CCN1CC1CC1)C2O5.COC1=CC=C2C3Cc4ccc(OC)c5c4[C@@]2(CCN3C)C1O5.COc1ccc2c3c1OC1C4(OC)C=CC5(CC4C(C)=O)C(C2)N(C)CC[C@]315.COc1ccc2c3c1OC1C4(OC)CCC5(C[C@@H]4C(C)(C)O)C(C2)N(CC2CC2)CC[C@]315. The van der Waals surface area contributed by atoms with Crippen LogP contribution in [0, 0.1) is 45.8 Å². The molecule has 21 atom stereocenters. The van der Waals surface area contributed by atoms with Gasteiger partial charge in [-0.05, 0) is 267 Å². The number of fused-ring (bicyclic) bond motifs is 5. The van der Waals surface area contributed by atoms with Gasteiger partial charge in [0.15, 0.2) is 52.1 Å². The fourth-order valence-corrected chi connectivity index (χ4v) is 31.4. The van der Waals surface area contributed by atoms with E-state index in [0.717, 1.165) is 175 Å². The number of rotatable bonds is 14. The van der Waals surface area contributed by atoms with Gasteiger partial charge in [0.25, 0.3) is 0 Å². The lowest BCUT2D eigenvalue weighted by molar-refractivity contribution is -0.300. The fourth-order valence-electron chi connectivity index (χ4n) is 31.4. The Morgan fingerprint density at radius 3 is 1.49 bits per heavy atom. The number of piperidine rings is 4. The highest BCUT2D eigenvalue weighted by Gasteiger charge is 2.85. The van der Waals surface area contributed by atoms with E-state index in [-0.39, 0.29) is 91.6 Å². The molecule has 7 spiro atoms. The summed E-state index contributed by atoms with van der Waals surface area (Å²) in [4.78, 5) is 23.4. The molecular formula is C95H120N4O15. The number of likely N-dealkylation sites (tertiary alicyclic amines) is 4. The average molecular weight is 1560 g/mol. The molecule has 610 valence electrons. The van der Waals surface area contributed by atoms with Gasteiger partial charge >= 0.3 is 0 Å². The van der Waals surface area contributed by atoms with Crippen molar-refractivity contribution < 1.29 is 72.2 Å². The summed E-state index contributed by atoms with van der Waals surface area (Å²) in [6.07, 6.45) is 29.4. The Balaban J connectivity index is 0.0000000933. The van der Waals surface area contributed by atoms with Crippen molar-refractivity contribution in [2.24, 2.45) is 45.8 Å². The Bertz CT molecular complexity index is 4840. The van der Waals surface area contributed by atoms with Crippen molar-refractivity contribution in [2.45, 2.75) is 255 Å². The van der Waals surface area contributed by atoms with E-state index in [1.165, 1.54) is 88.9 Å². The highest BCUT2D eigenvalue weighted by Crippen LogP contribution is 2.81. The van der Waals surface area contributed by atoms with Gasteiger partial charge in [0.1, 0.15) is 46.7 Å². The smallest absolute Gasteiger partial charge is 0.169 e. The van der Waals surface area contributed by atoms with Crippen LogP contribution in [0.1, 0.15) is 175 Å². The maximum absolute atomic E-state index is 12.8. The number of hydrogen-bond donors (Lipinski definition) is 3. The van der Waals surface area contributed by atoms with Gasteiger partial charge in [-0.3, -0.25) is 19.5 Å². The molecule has 13 fully saturated rings. The van der Waals surface area contributed by atoms with E-state index in [9.17, 15) is 20.1 Å². The van der Waals surface area contributed by atoms with Gasteiger partial charge in [0.05, 0.1) is 56.4 Å². The number of ketones is 1. The maximum atomic E-state index is 12.8. The van der Waals surface area contributed by atoms with Crippen LogP contribution in [0.2, 0.25) is 0 Å². The van der Waals surface area contributed by atoms with Crippen LogP contribution < -0.4 is 33.2 Å². The number of carbonyl (C=O) groups is 1. The van der Waals surface area contributed by atoms with Crippen molar-refractivity contribution in [1.29, 1.82) is 0 Å². The Hall–Kier alpha value is -6.39. The second-order valence-corrected chi connectivity index (χ2v) is 40.6. The number of phenols is 1. The first-order chi connectivity index (χ1) is 54.7. The Morgan fingerprint density at radius 1 is 0.500 bits per heavy atom. The van der Waals surface area contributed by atoms with Crippen LogP contribution in [0.4, 0.5) is 0 Å². The molecule has 4 aromatic rings. The second kappa shape index (κ2) is 24.2. The fraction of sp³-hybridized carbons (Fsp3) is 0.674. The van der Waals surface area contributed by atoms with Crippen LogP contribution in [0.25, 0.3) is 0 Å². The summed E-state index contributed by atoms with van der Waals surface area (Å²) in [7, 11) is 16.8. The topological polar surface area (TPSA) is 192 Å². The van der Waals surface area contributed by atoms with E-state index < -0.39 is 28.0 Å².